The topological polar surface area (TPSA) is 20.3 Å². The number of carbonyl (C=O) groups is 1. The van der Waals surface area contributed by atoms with Crippen molar-refractivity contribution in [3.8, 4) is 0 Å². The number of carbonyl (C=O) groups excluding carboxylic acids is 1. The Morgan fingerprint density at radius 2 is 2.12 bits per heavy atom. The lowest BCUT2D eigenvalue weighted by atomic mass is 9.97. The lowest BCUT2D eigenvalue weighted by molar-refractivity contribution is -0.133. The molecule has 1 aliphatic heterocycles. The summed E-state index contributed by atoms with van der Waals surface area (Å²) < 4.78 is 0. The molecule has 1 aromatic rings. The van der Waals surface area contributed by atoms with Crippen molar-refractivity contribution in [1.82, 2.24) is 4.90 Å². The zero-order valence-corrected chi connectivity index (χ0v) is 10.6. The monoisotopic (exact) mass is 229 g/mol. The molecule has 1 aromatic carbocycles. The largest absolute Gasteiger partial charge is 0.338 e. The van der Waals surface area contributed by atoms with Crippen LogP contribution in [0.15, 0.2) is 18.2 Å². The molecule has 0 bridgehead atoms. The van der Waals surface area contributed by atoms with Gasteiger partial charge in [0.2, 0.25) is 5.91 Å². The van der Waals surface area contributed by atoms with Gasteiger partial charge < -0.3 is 4.90 Å². The maximum absolute atomic E-state index is 12.2. The number of hydrogen-bond acceptors (Lipinski definition) is 1. The highest BCUT2D eigenvalue weighted by Crippen LogP contribution is 2.40. The third kappa shape index (κ3) is 1.97. The second-order valence-corrected chi connectivity index (χ2v) is 5.60. The molecule has 1 heterocycles. The minimum atomic E-state index is 0.321. The van der Waals surface area contributed by atoms with E-state index in [9.17, 15) is 4.79 Å². The van der Waals surface area contributed by atoms with Crippen molar-refractivity contribution in [3.05, 3.63) is 34.9 Å². The number of nitrogens with zero attached hydrogens (tertiary/aromatic N) is 1. The average molecular weight is 229 g/mol. The summed E-state index contributed by atoms with van der Waals surface area (Å²) in [5.41, 5.74) is 4.08. The quantitative estimate of drug-likeness (QED) is 0.724. The molecule has 0 N–H and O–H groups in total. The van der Waals surface area contributed by atoms with Gasteiger partial charge >= 0.3 is 0 Å². The van der Waals surface area contributed by atoms with E-state index in [1.807, 2.05) is 4.90 Å². The molecule has 90 valence electrons. The molecule has 1 amide bonds. The summed E-state index contributed by atoms with van der Waals surface area (Å²) in [6.07, 6.45) is 2.11. The third-order valence-electron chi connectivity index (χ3n) is 4.11. The van der Waals surface area contributed by atoms with Crippen molar-refractivity contribution in [1.29, 1.82) is 0 Å². The molecule has 0 unspecified atom stereocenters. The van der Waals surface area contributed by atoms with Crippen molar-refractivity contribution in [2.75, 3.05) is 6.54 Å². The van der Waals surface area contributed by atoms with E-state index in [0.717, 1.165) is 25.9 Å². The predicted molar refractivity (Wildman–Crippen MR) is 67.6 cm³/mol. The van der Waals surface area contributed by atoms with Crippen molar-refractivity contribution in [3.63, 3.8) is 0 Å². The Bertz CT molecular complexity index is 466. The van der Waals surface area contributed by atoms with E-state index in [4.69, 9.17) is 0 Å². The first kappa shape index (κ1) is 10.8. The molecule has 0 spiro atoms. The highest BCUT2D eigenvalue weighted by atomic mass is 16.2. The van der Waals surface area contributed by atoms with Gasteiger partial charge in [-0.1, -0.05) is 30.7 Å². The first-order valence-corrected chi connectivity index (χ1v) is 6.52. The van der Waals surface area contributed by atoms with Gasteiger partial charge in [0.25, 0.3) is 0 Å². The summed E-state index contributed by atoms with van der Waals surface area (Å²) >= 11 is 0. The highest BCUT2D eigenvalue weighted by Gasteiger charge is 2.41. The molecule has 1 aliphatic carbocycles. The summed E-state index contributed by atoms with van der Waals surface area (Å²) in [6, 6.07) is 6.59. The molecule has 2 heteroatoms. The van der Waals surface area contributed by atoms with Crippen LogP contribution in [0.4, 0.5) is 0 Å². The predicted octanol–water partition coefficient (Wildman–Crippen LogP) is 2.54. The SMILES string of the molecule is Cc1ccc2c(c1)CCN(C(=O)[C@H]1C[C@H]1C)C2. The van der Waals surface area contributed by atoms with Gasteiger partial charge in [-0.25, -0.2) is 0 Å². The average Bonchev–Trinajstić information content (AvgIpc) is 3.05. The summed E-state index contributed by atoms with van der Waals surface area (Å²) in [5, 5.41) is 0. The van der Waals surface area contributed by atoms with Crippen LogP contribution in [0.1, 0.15) is 30.0 Å². The van der Waals surface area contributed by atoms with E-state index in [1.165, 1.54) is 16.7 Å². The zero-order chi connectivity index (χ0) is 12.0. The van der Waals surface area contributed by atoms with Gasteiger partial charge in [0.15, 0.2) is 0 Å². The maximum Gasteiger partial charge on any atom is 0.226 e. The van der Waals surface area contributed by atoms with Gasteiger partial charge in [0.05, 0.1) is 0 Å². The molecule has 2 aliphatic rings. The summed E-state index contributed by atoms with van der Waals surface area (Å²) in [6.45, 7) is 6.02. The highest BCUT2D eigenvalue weighted by molar-refractivity contribution is 5.81. The number of hydrogen-bond donors (Lipinski definition) is 0. The van der Waals surface area contributed by atoms with Gasteiger partial charge in [-0.3, -0.25) is 4.79 Å². The van der Waals surface area contributed by atoms with Crippen LogP contribution in [0.3, 0.4) is 0 Å². The first-order valence-electron chi connectivity index (χ1n) is 6.52. The molecule has 2 atom stereocenters. The lowest BCUT2D eigenvalue weighted by Crippen LogP contribution is -2.37. The van der Waals surface area contributed by atoms with Gasteiger partial charge in [-0.05, 0) is 36.8 Å². The number of amides is 1. The second kappa shape index (κ2) is 3.86. The van der Waals surface area contributed by atoms with Gasteiger partial charge in [0, 0.05) is 19.0 Å². The third-order valence-corrected chi connectivity index (χ3v) is 4.11. The molecule has 0 radical (unpaired) electrons. The fourth-order valence-electron chi connectivity index (χ4n) is 2.77. The summed E-state index contributed by atoms with van der Waals surface area (Å²) in [5.74, 6) is 1.31. The van der Waals surface area contributed by atoms with Gasteiger partial charge in [0.1, 0.15) is 0 Å². The van der Waals surface area contributed by atoms with Crippen LogP contribution in [0.2, 0.25) is 0 Å². The number of aryl methyl sites for hydroxylation is 1. The van der Waals surface area contributed by atoms with E-state index in [2.05, 4.69) is 32.0 Å². The van der Waals surface area contributed by atoms with Crippen LogP contribution in [0.25, 0.3) is 0 Å². The normalized spacial score (nSPS) is 26.6. The molecule has 2 nitrogen and oxygen atoms in total. The van der Waals surface area contributed by atoms with Crippen molar-refractivity contribution >= 4 is 5.91 Å². The second-order valence-electron chi connectivity index (χ2n) is 5.60. The number of fused-ring (bicyclic) bond motifs is 1. The van der Waals surface area contributed by atoms with Gasteiger partial charge in [-0.2, -0.15) is 0 Å². The molecular weight excluding hydrogens is 210 g/mol. The molecular formula is C15H19NO. The summed E-state index contributed by atoms with van der Waals surface area (Å²) in [4.78, 5) is 14.2. The van der Waals surface area contributed by atoms with Crippen molar-refractivity contribution in [2.24, 2.45) is 11.8 Å². The van der Waals surface area contributed by atoms with E-state index in [0.29, 0.717) is 17.7 Å². The standard InChI is InChI=1S/C15H19NO/c1-10-3-4-13-9-16(6-5-12(13)7-10)15(17)14-8-11(14)2/h3-4,7,11,14H,5-6,8-9H2,1-2H3/t11-,14+/m1/s1. The molecule has 3 rings (SSSR count). The van der Waals surface area contributed by atoms with Crippen LogP contribution in [0, 0.1) is 18.8 Å². The fourth-order valence-corrected chi connectivity index (χ4v) is 2.77. The Morgan fingerprint density at radius 3 is 2.82 bits per heavy atom. The van der Waals surface area contributed by atoms with Crippen LogP contribution in [0.5, 0.6) is 0 Å². The Labute approximate surface area is 103 Å². The Hall–Kier alpha value is -1.31. The fraction of sp³-hybridized carbons (Fsp3) is 0.533. The Morgan fingerprint density at radius 1 is 1.35 bits per heavy atom. The summed E-state index contributed by atoms with van der Waals surface area (Å²) in [7, 11) is 0. The molecule has 0 saturated heterocycles. The minimum absolute atomic E-state index is 0.321. The van der Waals surface area contributed by atoms with Gasteiger partial charge in [-0.15, -0.1) is 0 Å². The lowest BCUT2D eigenvalue weighted by Gasteiger charge is -2.29. The Balaban J connectivity index is 1.76. The van der Waals surface area contributed by atoms with Crippen LogP contribution in [-0.4, -0.2) is 17.4 Å². The molecule has 0 aromatic heterocycles. The molecule has 17 heavy (non-hydrogen) atoms. The number of rotatable bonds is 1. The molecule has 1 fully saturated rings. The number of benzene rings is 1. The van der Waals surface area contributed by atoms with Crippen LogP contribution >= 0.6 is 0 Å². The van der Waals surface area contributed by atoms with Crippen LogP contribution < -0.4 is 0 Å². The van der Waals surface area contributed by atoms with E-state index in [1.54, 1.807) is 0 Å². The van der Waals surface area contributed by atoms with E-state index in [-0.39, 0.29) is 0 Å². The molecule has 1 saturated carbocycles. The maximum atomic E-state index is 12.2. The van der Waals surface area contributed by atoms with Crippen molar-refractivity contribution in [2.45, 2.75) is 33.2 Å². The first-order chi connectivity index (χ1) is 8.15. The Kier molecular flexibility index (Phi) is 2.46. The van der Waals surface area contributed by atoms with Crippen LogP contribution in [-0.2, 0) is 17.8 Å². The van der Waals surface area contributed by atoms with E-state index >= 15 is 0 Å². The minimum Gasteiger partial charge on any atom is -0.338 e. The smallest absolute Gasteiger partial charge is 0.226 e. The zero-order valence-electron chi connectivity index (χ0n) is 10.6. The van der Waals surface area contributed by atoms with Crippen molar-refractivity contribution < 1.29 is 4.79 Å². The van der Waals surface area contributed by atoms with E-state index < -0.39 is 0 Å².